The van der Waals surface area contributed by atoms with Gasteiger partial charge in [0.2, 0.25) is 6.10 Å². The van der Waals surface area contributed by atoms with Gasteiger partial charge in [0.05, 0.1) is 17.3 Å². The van der Waals surface area contributed by atoms with Crippen molar-refractivity contribution in [3.63, 3.8) is 0 Å². The van der Waals surface area contributed by atoms with Crippen LogP contribution in [0.5, 0.6) is 11.5 Å². The largest absolute Gasteiger partial charge is 0.482 e. The summed E-state index contributed by atoms with van der Waals surface area (Å²) < 4.78 is 11.7. The van der Waals surface area contributed by atoms with Crippen molar-refractivity contribution in [2.24, 2.45) is 0 Å². The number of nitrogens with one attached hydrogen (secondary N) is 2. The maximum atomic E-state index is 13.0. The van der Waals surface area contributed by atoms with Gasteiger partial charge >= 0.3 is 0 Å². The van der Waals surface area contributed by atoms with Crippen molar-refractivity contribution in [1.29, 1.82) is 0 Å². The second-order valence-corrected chi connectivity index (χ2v) is 7.45. The van der Waals surface area contributed by atoms with E-state index < -0.39 is 12.2 Å². The first kappa shape index (κ1) is 20.5. The summed E-state index contributed by atoms with van der Waals surface area (Å²) in [4.78, 5) is 25.9. The van der Waals surface area contributed by atoms with Crippen molar-refractivity contribution >= 4 is 17.5 Å². The molecule has 6 nitrogen and oxygen atoms in total. The molecule has 1 aliphatic heterocycles. The molecule has 31 heavy (non-hydrogen) atoms. The molecule has 3 aromatic carbocycles. The van der Waals surface area contributed by atoms with E-state index in [4.69, 9.17) is 9.47 Å². The minimum atomic E-state index is -0.839. The van der Waals surface area contributed by atoms with Crippen LogP contribution in [0.25, 0.3) is 0 Å². The van der Waals surface area contributed by atoms with Crippen LogP contribution in [0.3, 0.4) is 0 Å². The van der Waals surface area contributed by atoms with Crippen LogP contribution in [0.2, 0.25) is 0 Å². The molecule has 0 spiro atoms. The van der Waals surface area contributed by atoms with Gasteiger partial charge in [0.15, 0.2) is 11.5 Å². The van der Waals surface area contributed by atoms with Crippen LogP contribution in [-0.4, -0.2) is 24.0 Å². The summed E-state index contributed by atoms with van der Waals surface area (Å²) in [6.07, 6.45) is -1.32. The Labute approximate surface area is 181 Å². The van der Waals surface area contributed by atoms with E-state index >= 15 is 0 Å². The van der Waals surface area contributed by atoms with Crippen LogP contribution in [-0.2, 0) is 4.79 Å². The third kappa shape index (κ3) is 4.53. The predicted molar refractivity (Wildman–Crippen MR) is 118 cm³/mol. The highest BCUT2D eigenvalue weighted by Gasteiger charge is 2.34. The smallest absolute Gasteiger partial charge is 0.269 e. The Kier molecular flexibility index (Phi) is 5.89. The molecule has 2 amide bonds. The predicted octanol–water partition coefficient (Wildman–Crippen LogP) is 4.34. The average Bonchev–Trinajstić information content (AvgIpc) is 2.79. The number of anilines is 1. The molecule has 0 aromatic heterocycles. The Morgan fingerprint density at radius 2 is 1.45 bits per heavy atom. The zero-order valence-electron chi connectivity index (χ0n) is 17.4. The molecule has 158 valence electrons. The molecule has 6 heteroatoms. The summed E-state index contributed by atoms with van der Waals surface area (Å²) in [5.41, 5.74) is 1.79. The van der Waals surface area contributed by atoms with E-state index in [2.05, 4.69) is 10.6 Å². The molecule has 3 atom stereocenters. The van der Waals surface area contributed by atoms with E-state index in [-0.39, 0.29) is 17.9 Å². The first-order chi connectivity index (χ1) is 15.0. The maximum Gasteiger partial charge on any atom is 0.269 e. The van der Waals surface area contributed by atoms with E-state index in [1.54, 1.807) is 43.3 Å². The number of hydrogen-bond acceptors (Lipinski definition) is 4. The number of fused-ring (bicyclic) bond motifs is 1. The maximum absolute atomic E-state index is 13.0. The Morgan fingerprint density at radius 3 is 2.19 bits per heavy atom. The normalized spacial score (nSPS) is 18.0. The van der Waals surface area contributed by atoms with Gasteiger partial charge in [-0.2, -0.15) is 0 Å². The van der Waals surface area contributed by atoms with Crippen molar-refractivity contribution < 1.29 is 19.1 Å². The number of carbonyl (C=O) groups excluding carboxylic acids is 2. The van der Waals surface area contributed by atoms with Gasteiger partial charge in [-0.05, 0) is 43.7 Å². The first-order valence-electron chi connectivity index (χ1n) is 10.2. The van der Waals surface area contributed by atoms with Gasteiger partial charge < -0.3 is 20.1 Å². The van der Waals surface area contributed by atoms with Crippen molar-refractivity contribution in [2.75, 3.05) is 5.32 Å². The molecule has 0 bridgehead atoms. The lowest BCUT2D eigenvalue weighted by Gasteiger charge is -2.31. The van der Waals surface area contributed by atoms with E-state index in [0.717, 1.165) is 5.56 Å². The summed E-state index contributed by atoms with van der Waals surface area (Å²) in [5, 5.41) is 5.81. The summed E-state index contributed by atoms with van der Waals surface area (Å²) in [7, 11) is 0. The van der Waals surface area contributed by atoms with Crippen LogP contribution in [0.15, 0.2) is 78.9 Å². The molecule has 1 aliphatic rings. The number of ether oxygens (including phenoxy) is 2. The van der Waals surface area contributed by atoms with Gasteiger partial charge in [0, 0.05) is 0 Å². The van der Waals surface area contributed by atoms with E-state index in [0.29, 0.717) is 22.7 Å². The van der Waals surface area contributed by atoms with Crippen molar-refractivity contribution in [1.82, 2.24) is 5.32 Å². The Bertz CT molecular complexity index is 1080. The number of para-hydroxylation sites is 3. The Morgan fingerprint density at radius 1 is 0.839 bits per heavy atom. The van der Waals surface area contributed by atoms with E-state index in [1.165, 1.54) is 0 Å². The van der Waals surface area contributed by atoms with Crippen molar-refractivity contribution in [2.45, 2.75) is 32.1 Å². The van der Waals surface area contributed by atoms with E-state index in [9.17, 15) is 9.59 Å². The van der Waals surface area contributed by atoms with Crippen LogP contribution < -0.4 is 20.1 Å². The summed E-state index contributed by atoms with van der Waals surface area (Å²) in [6, 6.07) is 23.7. The molecule has 3 aromatic rings. The Balaban J connectivity index is 1.48. The van der Waals surface area contributed by atoms with Crippen molar-refractivity contribution in [3.05, 3.63) is 90.0 Å². The molecule has 2 N–H and O–H groups in total. The fraction of sp³-hybridized carbons (Fsp3) is 0.200. The van der Waals surface area contributed by atoms with Crippen LogP contribution >= 0.6 is 0 Å². The fourth-order valence-electron chi connectivity index (χ4n) is 3.50. The highest BCUT2D eigenvalue weighted by atomic mass is 16.6. The second kappa shape index (κ2) is 8.92. The molecule has 3 unspecified atom stereocenters. The van der Waals surface area contributed by atoms with Gasteiger partial charge in [-0.1, -0.05) is 54.6 Å². The molecule has 0 fully saturated rings. The lowest BCUT2D eigenvalue weighted by atomic mass is 10.1. The number of rotatable bonds is 5. The summed E-state index contributed by atoms with van der Waals surface area (Å²) >= 11 is 0. The quantitative estimate of drug-likeness (QED) is 0.649. The van der Waals surface area contributed by atoms with Crippen LogP contribution in [0, 0.1) is 0 Å². The molecule has 0 saturated carbocycles. The Hall–Kier alpha value is -3.80. The highest BCUT2D eigenvalue weighted by molar-refractivity contribution is 6.05. The molecule has 0 radical (unpaired) electrons. The minimum absolute atomic E-state index is 0.177. The van der Waals surface area contributed by atoms with Crippen molar-refractivity contribution in [3.8, 4) is 11.5 Å². The molecule has 0 aliphatic carbocycles. The second-order valence-electron chi connectivity index (χ2n) is 7.45. The van der Waals surface area contributed by atoms with Gasteiger partial charge in [0.25, 0.3) is 11.8 Å². The lowest BCUT2D eigenvalue weighted by Crippen LogP contribution is -2.46. The average molecular weight is 416 g/mol. The summed E-state index contributed by atoms with van der Waals surface area (Å²) in [5.74, 6) is 0.474. The fourth-order valence-corrected chi connectivity index (χ4v) is 3.50. The monoisotopic (exact) mass is 416 g/mol. The SMILES string of the molecule is CC(NC(=O)c1ccccc1NC(=O)C1Oc2ccccc2OC1C)c1ccccc1. The number of hydrogen-bond donors (Lipinski definition) is 2. The third-order valence-electron chi connectivity index (χ3n) is 5.18. The number of amides is 2. The van der Waals surface area contributed by atoms with Gasteiger partial charge in [-0.15, -0.1) is 0 Å². The van der Waals surface area contributed by atoms with Crippen LogP contribution in [0.1, 0.15) is 35.8 Å². The standard InChI is InChI=1S/C25H24N2O4/c1-16(18-10-4-3-5-11-18)26-24(28)19-12-6-7-13-20(19)27-25(29)23-17(2)30-21-14-8-9-15-22(21)31-23/h3-17,23H,1-2H3,(H,26,28)(H,27,29). The molecule has 0 saturated heterocycles. The number of benzene rings is 3. The molecular weight excluding hydrogens is 392 g/mol. The number of carbonyl (C=O) groups is 2. The highest BCUT2D eigenvalue weighted by Crippen LogP contribution is 2.33. The molecule has 4 rings (SSSR count). The first-order valence-corrected chi connectivity index (χ1v) is 10.2. The zero-order chi connectivity index (χ0) is 21.8. The van der Waals surface area contributed by atoms with E-state index in [1.807, 2.05) is 49.4 Å². The molecular formula is C25H24N2O4. The topological polar surface area (TPSA) is 76.7 Å². The van der Waals surface area contributed by atoms with Gasteiger partial charge in [-0.25, -0.2) is 0 Å². The van der Waals surface area contributed by atoms with Crippen LogP contribution in [0.4, 0.5) is 5.69 Å². The third-order valence-corrected chi connectivity index (χ3v) is 5.18. The van der Waals surface area contributed by atoms with Gasteiger partial charge in [0.1, 0.15) is 6.10 Å². The zero-order valence-corrected chi connectivity index (χ0v) is 17.4. The minimum Gasteiger partial charge on any atom is -0.482 e. The van der Waals surface area contributed by atoms with Gasteiger partial charge in [-0.3, -0.25) is 9.59 Å². The lowest BCUT2D eigenvalue weighted by molar-refractivity contribution is -0.128. The summed E-state index contributed by atoms with van der Waals surface area (Å²) in [6.45, 7) is 3.70. The molecule has 1 heterocycles.